The normalized spacial score (nSPS) is 23.6. The van der Waals surface area contributed by atoms with E-state index in [1.54, 1.807) is 6.92 Å². The van der Waals surface area contributed by atoms with Gasteiger partial charge < -0.3 is 15.1 Å². The van der Waals surface area contributed by atoms with Gasteiger partial charge >= 0.3 is 0 Å². The highest BCUT2D eigenvalue weighted by atomic mass is 16.2. The number of carbonyl (C=O) groups is 3. The molecule has 2 aliphatic heterocycles. The Morgan fingerprint density at radius 2 is 1.70 bits per heavy atom. The van der Waals surface area contributed by atoms with Gasteiger partial charge in [-0.25, -0.2) is 0 Å². The minimum atomic E-state index is -0.130. The molecule has 1 saturated carbocycles. The van der Waals surface area contributed by atoms with Crippen LogP contribution in [-0.4, -0.2) is 63.4 Å². The Hall–Kier alpha value is -2.38. The highest BCUT2D eigenvalue weighted by Gasteiger charge is 2.35. The molecular weight excluding hydrogens is 382 g/mol. The van der Waals surface area contributed by atoms with Gasteiger partial charge in [0.05, 0.1) is 11.7 Å². The Morgan fingerprint density at radius 3 is 2.40 bits per heavy atom. The maximum atomic E-state index is 13.3. The predicted molar refractivity (Wildman–Crippen MR) is 112 cm³/mol. The molecule has 3 aliphatic rings. The lowest BCUT2D eigenvalue weighted by Crippen LogP contribution is -2.46. The summed E-state index contributed by atoms with van der Waals surface area (Å²) in [4.78, 5) is 41.2. The molecule has 0 bridgehead atoms. The molecule has 8 heteroatoms. The van der Waals surface area contributed by atoms with Gasteiger partial charge in [0.2, 0.25) is 11.8 Å². The monoisotopic (exact) mass is 415 g/mol. The van der Waals surface area contributed by atoms with Crippen molar-refractivity contribution in [1.82, 2.24) is 25.3 Å². The highest BCUT2D eigenvalue weighted by Crippen LogP contribution is 2.33. The summed E-state index contributed by atoms with van der Waals surface area (Å²) in [6.07, 6.45) is 8.79. The molecule has 0 radical (unpaired) electrons. The molecule has 164 valence electrons. The van der Waals surface area contributed by atoms with Crippen LogP contribution >= 0.6 is 0 Å². The number of H-pyrrole nitrogens is 1. The number of aromatic nitrogens is 2. The van der Waals surface area contributed by atoms with Gasteiger partial charge in [-0.15, -0.1) is 0 Å². The molecule has 1 aliphatic carbocycles. The Labute approximate surface area is 177 Å². The maximum absolute atomic E-state index is 13.3. The SMILES string of the molecule is CC(=O)N1CCC(C(=O)N2CCCC[C@@H]2c2cc(C(=O)NC3CCCC3)n[nH]2)CC1. The second-order valence-corrected chi connectivity index (χ2v) is 8.99. The van der Waals surface area contributed by atoms with E-state index in [2.05, 4.69) is 15.5 Å². The zero-order chi connectivity index (χ0) is 21.1. The van der Waals surface area contributed by atoms with E-state index in [9.17, 15) is 14.4 Å². The summed E-state index contributed by atoms with van der Waals surface area (Å²) in [5, 5.41) is 10.4. The number of carbonyl (C=O) groups excluding carboxylic acids is 3. The first-order valence-corrected chi connectivity index (χ1v) is 11.4. The van der Waals surface area contributed by atoms with Crippen LogP contribution < -0.4 is 5.32 Å². The molecule has 1 atom stereocenters. The molecule has 0 unspecified atom stereocenters. The topological polar surface area (TPSA) is 98.4 Å². The van der Waals surface area contributed by atoms with Crippen molar-refractivity contribution in [3.8, 4) is 0 Å². The fourth-order valence-corrected chi connectivity index (χ4v) is 5.15. The summed E-state index contributed by atoms with van der Waals surface area (Å²) < 4.78 is 0. The van der Waals surface area contributed by atoms with Gasteiger partial charge in [-0.1, -0.05) is 12.8 Å². The number of nitrogens with zero attached hydrogens (tertiary/aromatic N) is 3. The van der Waals surface area contributed by atoms with Gasteiger partial charge in [-0.05, 0) is 51.0 Å². The third-order valence-electron chi connectivity index (χ3n) is 6.96. The average molecular weight is 416 g/mol. The fourth-order valence-electron chi connectivity index (χ4n) is 5.15. The van der Waals surface area contributed by atoms with E-state index in [-0.39, 0.29) is 35.7 Å². The number of rotatable bonds is 4. The second-order valence-electron chi connectivity index (χ2n) is 8.99. The van der Waals surface area contributed by atoms with Crippen LogP contribution in [-0.2, 0) is 9.59 Å². The van der Waals surface area contributed by atoms with Crippen molar-refractivity contribution in [2.45, 2.75) is 76.8 Å². The lowest BCUT2D eigenvalue weighted by molar-refractivity contribution is -0.143. The Kier molecular flexibility index (Phi) is 6.39. The second kappa shape index (κ2) is 9.18. The predicted octanol–water partition coefficient (Wildman–Crippen LogP) is 2.39. The van der Waals surface area contributed by atoms with Crippen LogP contribution in [0.3, 0.4) is 0 Å². The average Bonchev–Trinajstić information content (AvgIpc) is 3.45. The van der Waals surface area contributed by atoms with Crippen LogP contribution in [0.1, 0.15) is 86.9 Å². The Bertz CT molecular complexity index is 777. The summed E-state index contributed by atoms with van der Waals surface area (Å²) in [6.45, 7) is 3.63. The molecule has 1 aromatic rings. The molecule has 3 heterocycles. The number of hydrogen-bond acceptors (Lipinski definition) is 4. The smallest absolute Gasteiger partial charge is 0.271 e. The molecule has 4 rings (SSSR count). The number of piperidine rings is 2. The quantitative estimate of drug-likeness (QED) is 0.789. The van der Waals surface area contributed by atoms with E-state index in [4.69, 9.17) is 0 Å². The molecule has 2 N–H and O–H groups in total. The number of hydrogen-bond donors (Lipinski definition) is 2. The van der Waals surface area contributed by atoms with E-state index < -0.39 is 0 Å². The third-order valence-corrected chi connectivity index (χ3v) is 6.96. The van der Waals surface area contributed by atoms with Crippen molar-refractivity contribution in [3.05, 3.63) is 17.5 Å². The number of amides is 3. The molecule has 0 spiro atoms. The first kappa shape index (κ1) is 20.9. The van der Waals surface area contributed by atoms with Crippen LogP contribution in [0, 0.1) is 5.92 Å². The van der Waals surface area contributed by atoms with Crippen LogP contribution in [0.5, 0.6) is 0 Å². The zero-order valence-corrected chi connectivity index (χ0v) is 17.9. The molecule has 30 heavy (non-hydrogen) atoms. The van der Waals surface area contributed by atoms with E-state index in [1.807, 2.05) is 15.9 Å². The fraction of sp³-hybridized carbons (Fsp3) is 0.727. The van der Waals surface area contributed by atoms with E-state index in [1.165, 1.54) is 12.8 Å². The molecule has 2 saturated heterocycles. The van der Waals surface area contributed by atoms with Gasteiger partial charge in [0.15, 0.2) is 0 Å². The first-order chi connectivity index (χ1) is 14.5. The largest absolute Gasteiger partial charge is 0.348 e. The Morgan fingerprint density at radius 1 is 1.00 bits per heavy atom. The van der Waals surface area contributed by atoms with Crippen LogP contribution in [0.15, 0.2) is 6.07 Å². The zero-order valence-electron chi connectivity index (χ0n) is 17.9. The Balaban J connectivity index is 1.41. The molecule has 0 aromatic carbocycles. The van der Waals surface area contributed by atoms with Crippen molar-refractivity contribution in [3.63, 3.8) is 0 Å². The number of nitrogens with one attached hydrogen (secondary N) is 2. The summed E-state index contributed by atoms with van der Waals surface area (Å²) >= 11 is 0. The van der Waals surface area contributed by atoms with Crippen LogP contribution in [0.2, 0.25) is 0 Å². The van der Waals surface area contributed by atoms with Gasteiger partial charge in [0, 0.05) is 38.5 Å². The summed E-state index contributed by atoms with van der Waals surface area (Å²) in [5.74, 6) is 0.0935. The van der Waals surface area contributed by atoms with Crippen LogP contribution in [0.25, 0.3) is 0 Å². The summed E-state index contributed by atoms with van der Waals surface area (Å²) in [5.41, 5.74) is 1.26. The number of aromatic amines is 1. The third kappa shape index (κ3) is 4.52. The van der Waals surface area contributed by atoms with Gasteiger partial charge in [-0.3, -0.25) is 19.5 Å². The van der Waals surface area contributed by atoms with Crippen molar-refractivity contribution in [1.29, 1.82) is 0 Å². The van der Waals surface area contributed by atoms with E-state index in [0.717, 1.165) is 57.2 Å². The molecule has 3 fully saturated rings. The van der Waals surface area contributed by atoms with Crippen molar-refractivity contribution in [2.75, 3.05) is 19.6 Å². The molecule has 8 nitrogen and oxygen atoms in total. The lowest BCUT2D eigenvalue weighted by atomic mass is 9.91. The van der Waals surface area contributed by atoms with Crippen molar-refractivity contribution in [2.24, 2.45) is 5.92 Å². The minimum absolute atomic E-state index is 0.0331. The molecule has 1 aromatic heterocycles. The van der Waals surface area contributed by atoms with E-state index >= 15 is 0 Å². The van der Waals surface area contributed by atoms with Crippen molar-refractivity contribution >= 4 is 17.7 Å². The molecule has 3 amide bonds. The van der Waals surface area contributed by atoms with Gasteiger partial charge in [-0.2, -0.15) is 5.10 Å². The van der Waals surface area contributed by atoms with Crippen molar-refractivity contribution < 1.29 is 14.4 Å². The van der Waals surface area contributed by atoms with Gasteiger partial charge in [0.1, 0.15) is 5.69 Å². The summed E-state index contributed by atoms with van der Waals surface area (Å²) in [6, 6.07) is 2.02. The van der Waals surface area contributed by atoms with Gasteiger partial charge in [0.25, 0.3) is 5.91 Å². The summed E-state index contributed by atoms with van der Waals surface area (Å²) in [7, 11) is 0. The first-order valence-electron chi connectivity index (χ1n) is 11.4. The maximum Gasteiger partial charge on any atom is 0.271 e. The minimum Gasteiger partial charge on any atom is -0.348 e. The molecular formula is C22H33N5O3. The van der Waals surface area contributed by atoms with Crippen LogP contribution in [0.4, 0.5) is 0 Å². The standard InChI is InChI=1S/C22H33N5O3/c1-15(28)26-12-9-16(10-13-26)22(30)27-11-5-4-8-20(27)18-14-19(25-24-18)21(29)23-17-6-2-3-7-17/h14,16-17,20H,2-13H2,1H3,(H,23,29)(H,24,25)/t20-/m1/s1. The highest BCUT2D eigenvalue weighted by molar-refractivity contribution is 5.92. The lowest BCUT2D eigenvalue weighted by Gasteiger charge is -2.39. The number of likely N-dealkylation sites (tertiary alicyclic amines) is 2. The van der Waals surface area contributed by atoms with E-state index in [0.29, 0.717) is 18.8 Å².